The number of nitrogen functional groups attached to an aromatic ring is 1. The number of alkyl halides is 3. The third-order valence-corrected chi connectivity index (χ3v) is 2.70. The van der Waals surface area contributed by atoms with Gasteiger partial charge < -0.3 is 10.7 Å². The number of nitrogens with two attached hydrogens (primary N) is 1. The molecule has 19 heavy (non-hydrogen) atoms. The second kappa shape index (κ2) is 3.74. The van der Waals surface area contributed by atoms with E-state index in [1.807, 2.05) is 0 Å². The van der Waals surface area contributed by atoms with Gasteiger partial charge in [0.15, 0.2) is 11.5 Å². The van der Waals surface area contributed by atoms with Gasteiger partial charge in [0.25, 0.3) is 0 Å². The minimum Gasteiger partial charge on any atom is -0.396 e. The number of aromatic amines is 1. The predicted octanol–water partition coefficient (Wildman–Crippen LogP) is 2.33. The SMILES string of the molecule is Nc1cc(C(F)(F)F)cn2c(-c3ccc[nH]3)nnc12. The molecule has 3 aromatic heterocycles. The number of aromatic nitrogens is 4. The average Bonchev–Trinajstić information content (AvgIpc) is 2.94. The maximum atomic E-state index is 12.8. The molecule has 0 aliphatic carbocycles. The summed E-state index contributed by atoms with van der Waals surface area (Å²) in [6, 6.07) is 4.25. The number of fused-ring (bicyclic) bond motifs is 1. The monoisotopic (exact) mass is 267 g/mol. The van der Waals surface area contributed by atoms with Crippen molar-refractivity contribution < 1.29 is 13.2 Å². The van der Waals surface area contributed by atoms with Crippen molar-refractivity contribution in [3.8, 4) is 11.5 Å². The zero-order valence-corrected chi connectivity index (χ0v) is 9.44. The van der Waals surface area contributed by atoms with Gasteiger partial charge in [-0.2, -0.15) is 13.2 Å². The van der Waals surface area contributed by atoms with Gasteiger partial charge in [-0.1, -0.05) is 0 Å². The molecule has 3 N–H and O–H groups in total. The molecule has 98 valence electrons. The topological polar surface area (TPSA) is 72.0 Å². The number of rotatable bonds is 1. The molecule has 0 amide bonds. The smallest absolute Gasteiger partial charge is 0.396 e. The van der Waals surface area contributed by atoms with E-state index in [1.165, 1.54) is 4.40 Å². The minimum absolute atomic E-state index is 0.0693. The van der Waals surface area contributed by atoms with Crippen LogP contribution in [0.4, 0.5) is 18.9 Å². The van der Waals surface area contributed by atoms with Crippen molar-refractivity contribution in [1.82, 2.24) is 19.6 Å². The van der Waals surface area contributed by atoms with Crippen LogP contribution in [0.5, 0.6) is 0 Å². The standard InChI is InChI=1S/C11H8F3N5/c12-11(13,14)6-4-7(15)9-17-18-10(19(9)5-6)8-2-1-3-16-8/h1-5,16H,15H2. The first kappa shape index (κ1) is 11.6. The highest BCUT2D eigenvalue weighted by atomic mass is 19.4. The van der Waals surface area contributed by atoms with Gasteiger partial charge in [-0.3, -0.25) is 4.40 Å². The third-order valence-electron chi connectivity index (χ3n) is 2.70. The molecule has 5 nitrogen and oxygen atoms in total. The Labute approximate surface area is 104 Å². The zero-order valence-electron chi connectivity index (χ0n) is 9.44. The van der Waals surface area contributed by atoms with Crippen molar-refractivity contribution in [1.29, 1.82) is 0 Å². The van der Waals surface area contributed by atoms with E-state index in [9.17, 15) is 13.2 Å². The van der Waals surface area contributed by atoms with Crippen molar-refractivity contribution in [2.24, 2.45) is 0 Å². The summed E-state index contributed by atoms with van der Waals surface area (Å²) < 4.78 is 39.5. The van der Waals surface area contributed by atoms with Gasteiger partial charge in [-0.05, 0) is 18.2 Å². The van der Waals surface area contributed by atoms with E-state index in [4.69, 9.17) is 5.73 Å². The summed E-state index contributed by atoms with van der Waals surface area (Å²) in [7, 11) is 0. The van der Waals surface area contributed by atoms with Crippen LogP contribution in [0.1, 0.15) is 5.56 Å². The van der Waals surface area contributed by atoms with Gasteiger partial charge in [0.1, 0.15) is 0 Å². The number of hydrogen-bond donors (Lipinski definition) is 2. The highest BCUT2D eigenvalue weighted by Crippen LogP contribution is 2.32. The molecule has 8 heteroatoms. The summed E-state index contributed by atoms with van der Waals surface area (Å²) in [6.45, 7) is 0. The van der Waals surface area contributed by atoms with Crippen molar-refractivity contribution >= 4 is 11.3 Å². The van der Waals surface area contributed by atoms with Gasteiger partial charge >= 0.3 is 6.18 Å². The van der Waals surface area contributed by atoms with E-state index >= 15 is 0 Å². The summed E-state index contributed by atoms with van der Waals surface area (Å²) in [5.74, 6) is 0.276. The molecule has 0 aliphatic rings. The van der Waals surface area contributed by atoms with E-state index in [-0.39, 0.29) is 17.2 Å². The lowest BCUT2D eigenvalue weighted by atomic mass is 10.2. The van der Waals surface area contributed by atoms with Crippen LogP contribution < -0.4 is 5.73 Å². The number of nitrogens with zero attached hydrogens (tertiary/aromatic N) is 3. The molecule has 0 atom stereocenters. The number of H-pyrrole nitrogens is 1. The molecule has 0 saturated carbocycles. The van der Waals surface area contributed by atoms with Crippen molar-refractivity contribution in [2.75, 3.05) is 5.73 Å². The molecule has 0 fully saturated rings. The molecule has 3 heterocycles. The van der Waals surface area contributed by atoms with Crippen LogP contribution in [0.3, 0.4) is 0 Å². The molecule has 3 rings (SSSR count). The Morgan fingerprint density at radius 3 is 2.68 bits per heavy atom. The van der Waals surface area contributed by atoms with Gasteiger partial charge in [0, 0.05) is 12.4 Å². The fourth-order valence-electron chi connectivity index (χ4n) is 1.83. The lowest BCUT2D eigenvalue weighted by Gasteiger charge is -2.09. The summed E-state index contributed by atoms with van der Waals surface area (Å²) >= 11 is 0. The van der Waals surface area contributed by atoms with Crippen LogP contribution in [-0.2, 0) is 6.18 Å². The maximum absolute atomic E-state index is 12.8. The van der Waals surface area contributed by atoms with E-state index in [0.29, 0.717) is 5.69 Å². The predicted molar refractivity (Wildman–Crippen MR) is 62.2 cm³/mol. The average molecular weight is 267 g/mol. The highest BCUT2D eigenvalue weighted by Gasteiger charge is 2.32. The molecule has 0 aliphatic heterocycles. The second-order valence-corrected chi connectivity index (χ2v) is 3.98. The number of nitrogens with one attached hydrogen (secondary N) is 1. The van der Waals surface area contributed by atoms with E-state index in [2.05, 4.69) is 15.2 Å². The van der Waals surface area contributed by atoms with Gasteiger partial charge in [-0.25, -0.2) is 0 Å². The quantitative estimate of drug-likeness (QED) is 0.710. The van der Waals surface area contributed by atoms with Crippen LogP contribution in [0.15, 0.2) is 30.6 Å². The fraction of sp³-hybridized carbons (Fsp3) is 0.0909. The first-order valence-corrected chi connectivity index (χ1v) is 5.32. The molecule has 0 aromatic carbocycles. The van der Waals surface area contributed by atoms with E-state index in [0.717, 1.165) is 12.3 Å². The fourth-order valence-corrected chi connectivity index (χ4v) is 1.83. The molecule has 0 unspecified atom stereocenters. The highest BCUT2D eigenvalue weighted by molar-refractivity contribution is 5.69. The minimum atomic E-state index is -4.47. The first-order valence-electron chi connectivity index (χ1n) is 5.32. The lowest BCUT2D eigenvalue weighted by Crippen LogP contribution is -2.08. The molecule has 0 saturated heterocycles. The van der Waals surface area contributed by atoms with Crippen LogP contribution in [0, 0.1) is 0 Å². The Morgan fingerprint density at radius 1 is 1.26 bits per heavy atom. The van der Waals surface area contributed by atoms with Crippen LogP contribution >= 0.6 is 0 Å². The third kappa shape index (κ3) is 1.81. The van der Waals surface area contributed by atoms with E-state index < -0.39 is 11.7 Å². The zero-order chi connectivity index (χ0) is 13.6. The number of pyridine rings is 1. The molecular formula is C11H8F3N5. The molecular weight excluding hydrogens is 259 g/mol. The van der Waals surface area contributed by atoms with Gasteiger partial charge in [0.05, 0.1) is 16.9 Å². The maximum Gasteiger partial charge on any atom is 0.417 e. The molecule has 0 bridgehead atoms. The molecule has 0 radical (unpaired) electrons. The molecule has 0 spiro atoms. The number of anilines is 1. The number of halogens is 3. The number of hydrogen-bond acceptors (Lipinski definition) is 3. The first-order chi connectivity index (χ1) is 8.97. The Balaban J connectivity index is 2.30. The normalized spacial score (nSPS) is 12.2. The van der Waals surface area contributed by atoms with Gasteiger partial charge in [-0.15, -0.1) is 10.2 Å². The van der Waals surface area contributed by atoms with E-state index in [1.54, 1.807) is 18.3 Å². The van der Waals surface area contributed by atoms with Crippen molar-refractivity contribution in [2.45, 2.75) is 6.18 Å². The molecule has 3 aromatic rings. The Hall–Kier alpha value is -2.51. The Morgan fingerprint density at radius 2 is 2.05 bits per heavy atom. The van der Waals surface area contributed by atoms with Crippen molar-refractivity contribution in [3.05, 3.63) is 36.2 Å². The lowest BCUT2D eigenvalue weighted by molar-refractivity contribution is -0.137. The second-order valence-electron chi connectivity index (χ2n) is 3.98. The van der Waals surface area contributed by atoms with Crippen LogP contribution in [-0.4, -0.2) is 19.6 Å². The Kier molecular flexibility index (Phi) is 2.28. The van der Waals surface area contributed by atoms with Crippen molar-refractivity contribution in [3.63, 3.8) is 0 Å². The van der Waals surface area contributed by atoms with Crippen LogP contribution in [0.25, 0.3) is 17.2 Å². The summed E-state index contributed by atoms with van der Waals surface area (Å²) in [5, 5.41) is 7.65. The summed E-state index contributed by atoms with van der Waals surface area (Å²) in [6.07, 6.45) is -1.89. The Bertz CT molecular complexity index is 727. The largest absolute Gasteiger partial charge is 0.417 e. The van der Waals surface area contributed by atoms with Crippen LogP contribution in [0.2, 0.25) is 0 Å². The summed E-state index contributed by atoms with van der Waals surface area (Å²) in [5.41, 5.74) is 5.43. The van der Waals surface area contributed by atoms with Gasteiger partial charge in [0.2, 0.25) is 0 Å². The summed E-state index contributed by atoms with van der Waals surface area (Å²) in [4.78, 5) is 2.86.